The molecule has 0 saturated carbocycles. The fourth-order valence-electron chi connectivity index (χ4n) is 3.20. The van der Waals surface area contributed by atoms with Crippen LogP contribution in [0.3, 0.4) is 0 Å². The Morgan fingerprint density at radius 1 is 1.37 bits per heavy atom. The summed E-state index contributed by atoms with van der Waals surface area (Å²) in [5.41, 5.74) is 6.12. The highest BCUT2D eigenvalue weighted by molar-refractivity contribution is 7.14. The Bertz CT molecular complexity index is 961. The Kier molecular flexibility index (Phi) is 5.60. The van der Waals surface area contributed by atoms with Gasteiger partial charge in [0.2, 0.25) is 5.91 Å². The lowest BCUT2D eigenvalue weighted by molar-refractivity contribution is -0.116. The first-order valence-corrected chi connectivity index (χ1v) is 9.73. The molecule has 0 aliphatic carbocycles. The van der Waals surface area contributed by atoms with E-state index < -0.39 is 0 Å². The molecule has 3 heterocycles. The molecule has 0 atom stereocenters. The van der Waals surface area contributed by atoms with Crippen molar-refractivity contribution in [3.8, 4) is 11.3 Å². The van der Waals surface area contributed by atoms with Crippen LogP contribution >= 0.6 is 11.3 Å². The number of aryl methyl sites for hydroxylation is 3. The third-order valence-corrected chi connectivity index (χ3v) is 5.45. The normalized spacial score (nSPS) is 11.0. The molecule has 6 nitrogen and oxygen atoms in total. The third-order valence-electron chi connectivity index (χ3n) is 4.70. The van der Waals surface area contributed by atoms with E-state index in [1.807, 2.05) is 25.3 Å². The zero-order valence-electron chi connectivity index (χ0n) is 16.1. The van der Waals surface area contributed by atoms with Crippen LogP contribution in [0, 0.1) is 27.7 Å². The van der Waals surface area contributed by atoms with Crippen LogP contribution in [0.4, 0.5) is 5.13 Å². The topological polar surface area (TPSA) is 73.0 Å². The van der Waals surface area contributed by atoms with Crippen LogP contribution < -0.4 is 5.32 Å². The average molecular weight is 385 g/mol. The van der Waals surface area contributed by atoms with Crippen molar-refractivity contribution in [3.05, 3.63) is 52.5 Å². The summed E-state index contributed by atoms with van der Waals surface area (Å²) in [5.74, 6) is 0.708. The van der Waals surface area contributed by atoms with E-state index in [4.69, 9.17) is 4.52 Å². The number of nitrogens with one attached hydrogen (secondary N) is 1. The summed E-state index contributed by atoms with van der Waals surface area (Å²) in [6.07, 6.45) is 2.86. The van der Waals surface area contributed by atoms with Gasteiger partial charge in [0.15, 0.2) is 5.13 Å². The Labute approximate surface area is 162 Å². The number of hydrogen-bond acceptors (Lipinski definition) is 5. The molecule has 1 amide bonds. The molecule has 0 aliphatic rings. The molecule has 0 aliphatic heterocycles. The van der Waals surface area contributed by atoms with E-state index in [2.05, 4.69) is 46.5 Å². The first-order chi connectivity index (χ1) is 12.9. The maximum Gasteiger partial charge on any atom is 0.226 e. The van der Waals surface area contributed by atoms with Crippen molar-refractivity contribution in [1.29, 1.82) is 0 Å². The maximum absolute atomic E-state index is 12.3. The zero-order chi connectivity index (χ0) is 19.6. The molecule has 0 aromatic carbocycles. The smallest absolute Gasteiger partial charge is 0.226 e. The maximum atomic E-state index is 12.3. The quantitative estimate of drug-likeness (QED) is 0.605. The zero-order valence-corrected chi connectivity index (χ0v) is 16.9. The number of carbonyl (C=O) groups is 1. The Morgan fingerprint density at radius 3 is 2.81 bits per heavy atom. The monoisotopic (exact) mass is 384 g/mol. The Balaban J connectivity index is 1.67. The van der Waals surface area contributed by atoms with Gasteiger partial charge in [0.05, 0.1) is 11.4 Å². The largest absolute Gasteiger partial charge is 0.361 e. The predicted molar refractivity (Wildman–Crippen MR) is 108 cm³/mol. The molecule has 0 saturated heterocycles. The van der Waals surface area contributed by atoms with Crippen molar-refractivity contribution in [2.45, 2.75) is 47.1 Å². The van der Waals surface area contributed by atoms with Crippen molar-refractivity contribution >= 4 is 22.4 Å². The fourth-order valence-corrected chi connectivity index (χ4v) is 3.93. The minimum absolute atomic E-state index is 0.0620. The van der Waals surface area contributed by atoms with E-state index in [9.17, 15) is 4.79 Å². The molecule has 142 valence electrons. The van der Waals surface area contributed by atoms with E-state index in [1.165, 1.54) is 17.0 Å². The van der Waals surface area contributed by atoms with Crippen LogP contribution in [-0.4, -0.2) is 20.6 Å². The van der Waals surface area contributed by atoms with Crippen LogP contribution in [0.15, 0.2) is 28.6 Å². The first kappa shape index (κ1) is 19.1. The molecule has 0 bridgehead atoms. The highest BCUT2D eigenvalue weighted by atomic mass is 32.1. The number of rotatable bonds is 7. The molecular formula is C20H24N4O2S. The van der Waals surface area contributed by atoms with E-state index in [0.717, 1.165) is 40.5 Å². The highest BCUT2D eigenvalue weighted by Gasteiger charge is 2.15. The number of aromatic nitrogens is 3. The minimum Gasteiger partial charge on any atom is -0.361 e. The Morgan fingerprint density at radius 2 is 2.15 bits per heavy atom. The van der Waals surface area contributed by atoms with E-state index in [0.29, 0.717) is 18.0 Å². The molecular weight excluding hydrogens is 360 g/mol. The van der Waals surface area contributed by atoms with Gasteiger partial charge in [0, 0.05) is 40.9 Å². The fraction of sp³-hybridized carbons (Fsp3) is 0.350. The van der Waals surface area contributed by atoms with Crippen molar-refractivity contribution in [1.82, 2.24) is 14.7 Å². The molecule has 0 radical (unpaired) electrons. The molecule has 0 fully saturated rings. The van der Waals surface area contributed by atoms with Gasteiger partial charge in [-0.2, -0.15) is 0 Å². The summed E-state index contributed by atoms with van der Waals surface area (Å²) in [6, 6.07) is 2.12. The number of amides is 1. The van der Waals surface area contributed by atoms with Crippen LogP contribution in [-0.2, 0) is 17.8 Å². The Hall–Kier alpha value is -2.67. The summed E-state index contributed by atoms with van der Waals surface area (Å²) < 4.78 is 7.34. The van der Waals surface area contributed by atoms with E-state index in [-0.39, 0.29) is 5.91 Å². The second-order valence-corrected chi connectivity index (χ2v) is 7.43. The van der Waals surface area contributed by atoms with Gasteiger partial charge in [-0.05, 0) is 40.2 Å². The number of anilines is 1. The molecule has 0 spiro atoms. The summed E-state index contributed by atoms with van der Waals surface area (Å²) in [7, 11) is 0. The average Bonchev–Trinajstić information content (AvgIpc) is 3.28. The second kappa shape index (κ2) is 7.92. The lowest BCUT2D eigenvalue weighted by atomic mass is 10.1. The van der Waals surface area contributed by atoms with Crippen molar-refractivity contribution in [2.75, 3.05) is 5.32 Å². The lowest BCUT2D eigenvalue weighted by Gasteiger charge is -2.05. The SMILES string of the molecule is C=CCn1c(C)cc(-c2csc(NC(=O)CCc3c(C)noc3C)n2)c1C. The first-order valence-electron chi connectivity index (χ1n) is 8.85. The number of nitrogens with zero attached hydrogens (tertiary/aromatic N) is 3. The summed E-state index contributed by atoms with van der Waals surface area (Å²) in [6.45, 7) is 12.5. The van der Waals surface area contributed by atoms with Gasteiger partial charge in [-0.25, -0.2) is 4.98 Å². The number of thiazole rings is 1. The molecule has 27 heavy (non-hydrogen) atoms. The van der Waals surface area contributed by atoms with Gasteiger partial charge < -0.3 is 14.4 Å². The van der Waals surface area contributed by atoms with Gasteiger partial charge in [-0.1, -0.05) is 11.2 Å². The van der Waals surface area contributed by atoms with Crippen molar-refractivity contribution in [2.24, 2.45) is 0 Å². The van der Waals surface area contributed by atoms with Crippen LogP contribution in [0.25, 0.3) is 11.3 Å². The molecule has 3 aromatic heterocycles. The molecule has 7 heteroatoms. The van der Waals surface area contributed by atoms with Crippen molar-refractivity contribution < 1.29 is 9.32 Å². The van der Waals surface area contributed by atoms with Gasteiger partial charge in [-0.3, -0.25) is 4.79 Å². The third kappa shape index (κ3) is 4.03. The number of hydrogen-bond donors (Lipinski definition) is 1. The summed E-state index contributed by atoms with van der Waals surface area (Å²) >= 11 is 1.44. The predicted octanol–water partition coefficient (Wildman–Crippen LogP) is 4.59. The van der Waals surface area contributed by atoms with Gasteiger partial charge in [-0.15, -0.1) is 17.9 Å². The number of allylic oxidation sites excluding steroid dienone is 1. The van der Waals surface area contributed by atoms with Gasteiger partial charge in [0.25, 0.3) is 0 Å². The minimum atomic E-state index is -0.0620. The van der Waals surface area contributed by atoms with E-state index >= 15 is 0 Å². The molecule has 1 N–H and O–H groups in total. The summed E-state index contributed by atoms with van der Waals surface area (Å²) in [5, 5.41) is 9.40. The lowest BCUT2D eigenvalue weighted by Crippen LogP contribution is -2.12. The van der Waals surface area contributed by atoms with Gasteiger partial charge in [0.1, 0.15) is 5.76 Å². The van der Waals surface area contributed by atoms with Crippen molar-refractivity contribution in [3.63, 3.8) is 0 Å². The van der Waals surface area contributed by atoms with E-state index in [1.54, 1.807) is 0 Å². The number of carbonyl (C=O) groups excluding carboxylic acids is 1. The van der Waals surface area contributed by atoms with Gasteiger partial charge >= 0.3 is 0 Å². The summed E-state index contributed by atoms with van der Waals surface area (Å²) in [4.78, 5) is 16.9. The standard InChI is InChI=1S/C20H24N4O2S/c1-6-9-24-12(2)10-17(14(24)4)18-11-27-20(21-18)22-19(25)8-7-16-13(3)23-26-15(16)5/h6,10-11H,1,7-9H2,2-5H3,(H,21,22,25). The van der Waals surface area contributed by atoms with Crippen LogP contribution in [0.5, 0.6) is 0 Å². The molecule has 3 aromatic rings. The van der Waals surface area contributed by atoms with Crippen LogP contribution in [0.1, 0.15) is 34.8 Å². The second-order valence-electron chi connectivity index (χ2n) is 6.57. The van der Waals surface area contributed by atoms with Crippen LogP contribution in [0.2, 0.25) is 0 Å². The highest BCUT2D eigenvalue weighted by Crippen LogP contribution is 2.30. The molecule has 3 rings (SSSR count). The molecule has 0 unspecified atom stereocenters.